The minimum absolute atomic E-state index is 0.0457. The Kier molecular flexibility index (Phi) is 6.66. The maximum absolute atomic E-state index is 13.5. The Balaban J connectivity index is 1.70. The van der Waals surface area contributed by atoms with Crippen LogP contribution in [0.2, 0.25) is 0 Å². The number of carbonyl (C=O) groups excluding carboxylic acids is 2. The van der Waals surface area contributed by atoms with Gasteiger partial charge in [0.1, 0.15) is 11.3 Å². The van der Waals surface area contributed by atoms with Crippen LogP contribution in [-0.2, 0) is 9.59 Å². The molecule has 0 aliphatic carbocycles. The summed E-state index contributed by atoms with van der Waals surface area (Å²) in [7, 11) is 1.53. The SMILES string of the molecule is CCCCOc1ccc(C2/C(=C(\O)c3c(C)nc4ccccn34)C(=O)C(=O)N2c2nccs2)cc1OC. The highest BCUT2D eigenvalue weighted by molar-refractivity contribution is 7.14. The van der Waals surface area contributed by atoms with E-state index >= 15 is 0 Å². The predicted octanol–water partition coefficient (Wildman–Crippen LogP) is 4.91. The number of fused-ring (bicyclic) bond motifs is 1. The van der Waals surface area contributed by atoms with Gasteiger partial charge in [-0.2, -0.15) is 0 Å². The van der Waals surface area contributed by atoms with Gasteiger partial charge >= 0.3 is 5.91 Å². The number of aryl methyl sites for hydroxylation is 1. The number of benzene rings is 1. The number of aliphatic hydroxyl groups is 1. The Morgan fingerprint density at radius 1 is 1.19 bits per heavy atom. The van der Waals surface area contributed by atoms with Crippen LogP contribution in [0, 0.1) is 6.92 Å². The molecule has 0 spiro atoms. The molecular formula is C27H26N4O5S. The highest BCUT2D eigenvalue weighted by Crippen LogP contribution is 2.44. The van der Waals surface area contributed by atoms with E-state index in [-0.39, 0.29) is 11.3 Å². The van der Waals surface area contributed by atoms with Crippen LogP contribution >= 0.6 is 11.3 Å². The number of unbranched alkanes of at least 4 members (excludes halogenated alkanes) is 1. The van der Waals surface area contributed by atoms with Gasteiger partial charge in [0.15, 0.2) is 22.4 Å². The van der Waals surface area contributed by atoms with Gasteiger partial charge in [-0.3, -0.25) is 18.9 Å². The first-order chi connectivity index (χ1) is 18.0. The topological polar surface area (TPSA) is 106 Å². The number of ketones is 1. The third-order valence-electron chi connectivity index (χ3n) is 6.26. The Labute approximate surface area is 217 Å². The molecule has 1 aliphatic rings. The second-order valence-corrected chi connectivity index (χ2v) is 9.44. The summed E-state index contributed by atoms with van der Waals surface area (Å²) >= 11 is 1.23. The third kappa shape index (κ3) is 4.23. The van der Waals surface area contributed by atoms with Gasteiger partial charge in [0, 0.05) is 17.8 Å². The molecule has 37 heavy (non-hydrogen) atoms. The molecule has 190 valence electrons. The molecule has 0 radical (unpaired) electrons. The summed E-state index contributed by atoms with van der Waals surface area (Å²) in [6.45, 7) is 4.37. The number of thiazole rings is 1. The molecule has 1 fully saturated rings. The molecule has 1 saturated heterocycles. The molecule has 5 rings (SSSR count). The zero-order valence-corrected chi connectivity index (χ0v) is 21.5. The van der Waals surface area contributed by atoms with Crippen molar-refractivity contribution in [1.82, 2.24) is 14.4 Å². The average Bonchev–Trinajstić information content (AvgIpc) is 3.60. The lowest BCUT2D eigenvalue weighted by Crippen LogP contribution is -2.29. The Bertz CT molecular complexity index is 1510. The van der Waals surface area contributed by atoms with Crippen molar-refractivity contribution in [3.8, 4) is 11.5 Å². The number of methoxy groups -OCH3 is 1. The van der Waals surface area contributed by atoms with Crippen LogP contribution in [0.4, 0.5) is 5.13 Å². The van der Waals surface area contributed by atoms with E-state index in [0.717, 1.165) is 12.8 Å². The minimum atomic E-state index is -0.932. The molecule has 1 aliphatic heterocycles. The molecular weight excluding hydrogens is 492 g/mol. The van der Waals surface area contributed by atoms with Crippen LogP contribution in [0.1, 0.15) is 42.8 Å². The van der Waals surface area contributed by atoms with Crippen molar-refractivity contribution < 1.29 is 24.2 Å². The highest BCUT2D eigenvalue weighted by Gasteiger charge is 2.48. The number of imidazole rings is 1. The van der Waals surface area contributed by atoms with Gasteiger partial charge < -0.3 is 14.6 Å². The van der Waals surface area contributed by atoms with Crippen LogP contribution in [0.25, 0.3) is 11.4 Å². The van der Waals surface area contributed by atoms with Crippen molar-refractivity contribution in [2.45, 2.75) is 32.7 Å². The second kappa shape index (κ2) is 10.1. The summed E-state index contributed by atoms with van der Waals surface area (Å²) in [6, 6.07) is 9.77. The third-order valence-corrected chi connectivity index (χ3v) is 7.03. The highest BCUT2D eigenvalue weighted by atomic mass is 32.1. The zero-order valence-electron chi connectivity index (χ0n) is 20.7. The van der Waals surface area contributed by atoms with Crippen LogP contribution in [0.3, 0.4) is 0 Å². The molecule has 0 saturated carbocycles. The van der Waals surface area contributed by atoms with Gasteiger partial charge in [0.05, 0.1) is 31.0 Å². The number of carbonyl (C=O) groups is 2. The number of amides is 1. The van der Waals surface area contributed by atoms with Gasteiger partial charge in [0.2, 0.25) is 0 Å². The molecule has 1 N–H and O–H groups in total. The van der Waals surface area contributed by atoms with E-state index in [1.165, 1.54) is 23.3 Å². The standard InChI is InChI=1S/C27H26N4O5S/c1-4-5-13-36-18-10-9-17(15-19(18)35-3)23-21(25(33)26(34)31(23)27-28-11-14-37-27)24(32)22-16(2)29-20-8-6-7-12-30(20)22/h6-12,14-15,23,32H,4-5,13H2,1-3H3/b24-21+. The minimum Gasteiger partial charge on any atom is -0.505 e. The van der Waals surface area contributed by atoms with Gasteiger partial charge in [-0.15, -0.1) is 11.3 Å². The number of hydrogen-bond acceptors (Lipinski definition) is 8. The van der Waals surface area contributed by atoms with Crippen LogP contribution in [0.15, 0.2) is 59.7 Å². The first-order valence-electron chi connectivity index (χ1n) is 11.9. The van der Waals surface area contributed by atoms with Crippen molar-refractivity contribution in [2.75, 3.05) is 18.6 Å². The number of pyridine rings is 1. The number of hydrogen-bond donors (Lipinski definition) is 1. The second-order valence-electron chi connectivity index (χ2n) is 8.57. The molecule has 1 aromatic carbocycles. The summed E-state index contributed by atoms with van der Waals surface area (Å²) < 4.78 is 13.1. The molecule has 4 aromatic rings. The predicted molar refractivity (Wildman–Crippen MR) is 140 cm³/mol. The van der Waals surface area contributed by atoms with E-state index in [1.54, 1.807) is 59.4 Å². The smallest absolute Gasteiger partial charge is 0.301 e. The monoisotopic (exact) mass is 518 g/mol. The number of Topliss-reactive ketones (excluding diaryl/α,β-unsaturated/α-hetero) is 1. The molecule has 10 heteroatoms. The van der Waals surface area contributed by atoms with E-state index in [9.17, 15) is 14.7 Å². The number of anilines is 1. The normalized spacial score (nSPS) is 17.1. The number of aliphatic hydroxyl groups excluding tert-OH is 1. The summed E-state index contributed by atoms with van der Waals surface area (Å²) in [5, 5.41) is 13.7. The van der Waals surface area contributed by atoms with Crippen molar-refractivity contribution >= 4 is 39.6 Å². The van der Waals surface area contributed by atoms with Crippen LogP contribution in [-0.4, -0.2) is 44.9 Å². The number of rotatable bonds is 8. The average molecular weight is 519 g/mol. The van der Waals surface area contributed by atoms with Crippen molar-refractivity contribution in [3.05, 3.63) is 76.7 Å². The quantitative estimate of drug-likeness (QED) is 0.153. The molecule has 1 amide bonds. The van der Waals surface area contributed by atoms with Gasteiger partial charge in [-0.1, -0.05) is 25.5 Å². The van der Waals surface area contributed by atoms with Crippen LogP contribution < -0.4 is 14.4 Å². The number of nitrogens with zero attached hydrogens (tertiary/aromatic N) is 4. The first-order valence-corrected chi connectivity index (χ1v) is 12.8. The largest absolute Gasteiger partial charge is 0.505 e. The first kappa shape index (κ1) is 24.5. The van der Waals surface area contributed by atoms with E-state index < -0.39 is 17.7 Å². The number of aromatic nitrogens is 3. The molecule has 1 atom stereocenters. The Morgan fingerprint density at radius 3 is 2.76 bits per heavy atom. The van der Waals surface area contributed by atoms with E-state index in [1.807, 2.05) is 6.07 Å². The van der Waals surface area contributed by atoms with Crippen molar-refractivity contribution in [2.24, 2.45) is 0 Å². The molecule has 9 nitrogen and oxygen atoms in total. The zero-order chi connectivity index (χ0) is 26.1. The number of ether oxygens (including phenoxy) is 2. The van der Waals surface area contributed by atoms with E-state index in [2.05, 4.69) is 16.9 Å². The van der Waals surface area contributed by atoms with Gasteiger partial charge in [0.25, 0.3) is 5.78 Å². The molecule has 1 unspecified atom stereocenters. The van der Waals surface area contributed by atoms with Crippen molar-refractivity contribution in [3.63, 3.8) is 0 Å². The lowest BCUT2D eigenvalue weighted by molar-refractivity contribution is -0.132. The van der Waals surface area contributed by atoms with E-state index in [0.29, 0.717) is 45.8 Å². The maximum atomic E-state index is 13.5. The van der Waals surface area contributed by atoms with Gasteiger partial charge in [-0.05, 0) is 43.2 Å². The summed E-state index contributed by atoms with van der Waals surface area (Å²) in [4.78, 5) is 36.9. The lowest BCUT2D eigenvalue weighted by Gasteiger charge is -2.24. The summed E-state index contributed by atoms with van der Waals surface area (Å²) in [6.07, 6.45) is 5.21. The molecule has 0 bridgehead atoms. The van der Waals surface area contributed by atoms with E-state index in [4.69, 9.17) is 9.47 Å². The lowest BCUT2D eigenvalue weighted by atomic mass is 9.96. The maximum Gasteiger partial charge on any atom is 0.301 e. The fraction of sp³-hybridized carbons (Fsp3) is 0.259. The molecule has 4 heterocycles. The fourth-order valence-corrected chi connectivity index (χ4v) is 5.17. The Hall–Kier alpha value is -4.18. The van der Waals surface area contributed by atoms with Gasteiger partial charge in [-0.25, -0.2) is 9.97 Å². The molecule has 3 aromatic heterocycles. The fourth-order valence-electron chi connectivity index (χ4n) is 4.51. The van der Waals surface area contributed by atoms with Crippen LogP contribution in [0.5, 0.6) is 11.5 Å². The summed E-state index contributed by atoms with van der Waals surface area (Å²) in [5.74, 6) is -0.853. The van der Waals surface area contributed by atoms with Crippen molar-refractivity contribution in [1.29, 1.82) is 0 Å². The summed E-state index contributed by atoms with van der Waals surface area (Å²) in [5.41, 5.74) is 2.02. The Morgan fingerprint density at radius 2 is 2.03 bits per heavy atom.